The highest BCUT2D eigenvalue weighted by Gasteiger charge is 2.21. The summed E-state index contributed by atoms with van der Waals surface area (Å²) in [6.45, 7) is 9.80. The molecule has 0 amide bonds. The van der Waals surface area contributed by atoms with Crippen LogP contribution in [0.4, 0.5) is 17.3 Å². The molecule has 0 unspecified atom stereocenters. The topological polar surface area (TPSA) is 30.9 Å². The zero-order valence-corrected chi connectivity index (χ0v) is 13.3. The summed E-state index contributed by atoms with van der Waals surface area (Å²) >= 11 is 0. The second-order valence-electron chi connectivity index (χ2n) is 4.74. The quantitative estimate of drug-likeness (QED) is 0.494. The molecule has 0 radical (unpaired) electrons. The van der Waals surface area contributed by atoms with Gasteiger partial charge >= 0.3 is 7.25 Å². The summed E-state index contributed by atoms with van der Waals surface area (Å²) in [6.07, 6.45) is 2.10. The van der Waals surface area contributed by atoms with Crippen molar-refractivity contribution >= 4 is 18.0 Å². The van der Waals surface area contributed by atoms with Gasteiger partial charge in [-0.1, -0.05) is 4.68 Å². The molecular weight excluding hydrogens is 301 g/mol. The maximum atomic E-state index is 9.75. The second kappa shape index (κ2) is 6.98. The predicted octanol–water partition coefficient (Wildman–Crippen LogP) is 3.20. The number of hydrogen-bond donors (Lipinski definition) is 0. The molecule has 0 saturated heterocycles. The highest BCUT2D eigenvalue weighted by atomic mass is 19.5. The van der Waals surface area contributed by atoms with E-state index in [1.165, 1.54) is 16.8 Å². The molecule has 2 aromatic rings. The van der Waals surface area contributed by atoms with E-state index in [1.807, 2.05) is 11.6 Å². The van der Waals surface area contributed by atoms with Crippen molar-refractivity contribution in [3.8, 4) is 5.88 Å². The van der Waals surface area contributed by atoms with Crippen molar-refractivity contribution in [3.63, 3.8) is 0 Å². The molecule has 22 heavy (non-hydrogen) atoms. The van der Waals surface area contributed by atoms with Gasteiger partial charge in [-0.2, -0.15) is 0 Å². The van der Waals surface area contributed by atoms with Gasteiger partial charge in [0.15, 0.2) is 6.54 Å². The first-order valence-electron chi connectivity index (χ1n) is 6.96. The van der Waals surface area contributed by atoms with Crippen molar-refractivity contribution < 1.29 is 26.7 Å². The summed E-state index contributed by atoms with van der Waals surface area (Å²) in [5, 5.41) is 6.87. The molecule has 0 aliphatic heterocycles. The lowest BCUT2D eigenvalue weighted by Crippen LogP contribution is -2.36. The summed E-state index contributed by atoms with van der Waals surface area (Å²) < 4.78 is 48.8. The molecule has 0 aliphatic rings. The van der Waals surface area contributed by atoms with Crippen molar-refractivity contribution in [1.29, 1.82) is 0 Å². The van der Waals surface area contributed by atoms with Gasteiger partial charge in [0.05, 0.1) is 17.4 Å². The van der Waals surface area contributed by atoms with Gasteiger partial charge in [0.2, 0.25) is 6.20 Å². The van der Waals surface area contributed by atoms with Crippen LogP contribution in [0.25, 0.3) is 10.8 Å². The summed E-state index contributed by atoms with van der Waals surface area (Å²) in [5.74, 6) is 0.744. The molecule has 124 valence electrons. The van der Waals surface area contributed by atoms with Crippen LogP contribution < -0.4 is 9.42 Å². The van der Waals surface area contributed by atoms with Crippen LogP contribution in [0.2, 0.25) is 0 Å². The molecule has 0 aromatic carbocycles. The lowest BCUT2D eigenvalue weighted by molar-refractivity contribution is -0.750. The fourth-order valence-corrected chi connectivity index (χ4v) is 2.15. The minimum absolute atomic E-state index is 0.642. The monoisotopic (exact) mass is 321 g/mol. The molecule has 0 atom stereocenters. The molecule has 9 heteroatoms. The third-order valence-electron chi connectivity index (χ3n) is 3.34. The Labute approximate surface area is 126 Å². The van der Waals surface area contributed by atoms with E-state index in [0.717, 1.165) is 17.8 Å². The molecule has 2 heterocycles. The third-order valence-corrected chi connectivity index (χ3v) is 3.34. The van der Waals surface area contributed by atoms with E-state index < -0.39 is 7.25 Å². The first-order chi connectivity index (χ1) is 10.1. The molecule has 0 spiro atoms. The number of aryl methyl sites for hydroxylation is 3. The van der Waals surface area contributed by atoms with Crippen molar-refractivity contribution in [2.24, 2.45) is 7.05 Å². The van der Waals surface area contributed by atoms with Crippen LogP contribution in [0.3, 0.4) is 0 Å². The summed E-state index contributed by atoms with van der Waals surface area (Å²) in [6, 6.07) is 0. The van der Waals surface area contributed by atoms with E-state index in [4.69, 9.17) is 4.74 Å². The highest BCUT2D eigenvalue weighted by molar-refractivity contribution is 6.50. The van der Waals surface area contributed by atoms with Gasteiger partial charge in [-0.25, -0.2) is 0 Å². The van der Waals surface area contributed by atoms with Gasteiger partial charge in [-0.3, -0.25) is 0 Å². The average Bonchev–Trinajstić information content (AvgIpc) is 2.62. The molecule has 0 aliphatic carbocycles. The van der Waals surface area contributed by atoms with E-state index in [-0.39, 0.29) is 0 Å². The molecule has 0 saturated carbocycles. The Morgan fingerprint density at radius 2 is 1.73 bits per heavy atom. The van der Waals surface area contributed by atoms with Crippen molar-refractivity contribution in [1.82, 2.24) is 9.67 Å². The van der Waals surface area contributed by atoms with E-state index >= 15 is 0 Å². The van der Waals surface area contributed by atoms with Crippen molar-refractivity contribution in [2.45, 2.75) is 34.2 Å². The SMILES string of the molecule is CCOc1n[n+](CC)cc2c(C)n(C)c(C)c12.F[B-](F)(F)F. The largest absolute Gasteiger partial charge is 0.673 e. The molecule has 0 bridgehead atoms. The Hall–Kier alpha value is -1.80. The number of aromatic nitrogens is 3. The summed E-state index contributed by atoms with van der Waals surface area (Å²) in [5.41, 5.74) is 2.46. The van der Waals surface area contributed by atoms with E-state index in [9.17, 15) is 17.3 Å². The number of fused-ring (bicyclic) bond motifs is 1. The molecule has 0 N–H and O–H groups in total. The second-order valence-corrected chi connectivity index (χ2v) is 4.74. The zero-order valence-electron chi connectivity index (χ0n) is 13.3. The van der Waals surface area contributed by atoms with Gasteiger partial charge in [0.25, 0.3) is 5.88 Å². The summed E-state index contributed by atoms with van der Waals surface area (Å²) in [7, 11) is -3.92. The van der Waals surface area contributed by atoms with Crippen molar-refractivity contribution in [3.05, 3.63) is 17.6 Å². The number of halogens is 4. The van der Waals surface area contributed by atoms with Gasteiger partial charge in [0, 0.05) is 23.5 Å². The number of hydrogen-bond acceptors (Lipinski definition) is 2. The first-order valence-corrected chi connectivity index (χ1v) is 6.96. The van der Waals surface area contributed by atoms with E-state index in [0.29, 0.717) is 6.61 Å². The highest BCUT2D eigenvalue weighted by Crippen LogP contribution is 2.29. The first kappa shape index (κ1) is 18.3. The number of rotatable bonds is 3. The normalized spacial score (nSPS) is 11.3. The maximum Gasteiger partial charge on any atom is 0.673 e. The van der Waals surface area contributed by atoms with Gasteiger partial charge in [-0.15, -0.1) is 0 Å². The van der Waals surface area contributed by atoms with Crippen LogP contribution in [0, 0.1) is 13.8 Å². The van der Waals surface area contributed by atoms with Gasteiger partial charge in [0.1, 0.15) is 0 Å². The Balaban J connectivity index is 0.000000422. The fraction of sp³-hybridized carbons (Fsp3) is 0.538. The lowest BCUT2D eigenvalue weighted by Gasteiger charge is -2.02. The average molecular weight is 321 g/mol. The van der Waals surface area contributed by atoms with Crippen LogP contribution >= 0.6 is 0 Å². The lowest BCUT2D eigenvalue weighted by atomic mass is 10.2. The van der Waals surface area contributed by atoms with Crippen LogP contribution in [0.5, 0.6) is 5.88 Å². The molecule has 4 nitrogen and oxygen atoms in total. The van der Waals surface area contributed by atoms with E-state index in [1.54, 1.807) is 0 Å². The van der Waals surface area contributed by atoms with Crippen LogP contribution in [-0.4, -0.2) is 23.5 Å². The van der Waals surface area contributed by atoms with Crippen molar-refractivity contribution in [2.75, 3.05) is 6.61 Å². The van der Waals surface area contributed by atoms with Gasteiger partial charge < -0.3 is 26.6 Å². The number of nitrogens with zero attached hydrogens (tertiary/aromatic N) is 3. The Morgan fingerprint density at radius 3 is 2.18 bits per heavy atom. The number of ether oxygens (including phenoxy) is 1. The summed E-state index contributed by atoms with van der Waals surface area (Å²) in [4.78, 5) is 0. The molecule has 2 aromatic heterocycles. The molecule has 2 rings (SSSR count). The van der Waals surface area contributed by atoms with E-state index in [2.05, 4.69) is 43.7 Å². The minimum Gasteiger partial charge on any atom is -0.474 e. The Bertz CT molecular complexity index is 649. The van der Waals surface area contributed by atoms with Crippen LogP contribution in [0.15, 0.2) is 6.20 Å². The smallest absolute Gasteiger partial charge is 0.474 e. The molecule has 0 fully saturated rings. The molecular formula is C13H20BF4N3O. The van der Waals surface area contributed by atoms with Crippen LogP contribution in [0.1, 0.15) is 25.2 Å². The van der Waals surface area contributed by atoms with Gasteiger partial charge in [-0.05, 0) is 27.7 Å². The third kappa shape index (κ3) is 4.35. The Morgan fingerprint density at radius 1 is 1.18 bits per heavy atom. The minimum atomic E-state index is -6.00. The standard InChI is InChI=1S/C13H20N3O.BF4/c1-6-16-8-11-9(3)15(5)10(4)12(11)13(14-16)17-7-2;2-1(3,4)5/h8H,6-7H2,1-5H3;/q+1;-1. The predicted molar refractivity (Wildman–Crippen MR) is 77.4 cm³/mol. The van der Waals surface area contributed by atoms with Crippen LogP contribution in [-0.2, 0) is 13.6 Å². The Kier molecular flexibility index (Phi) is 5.79. The maximum absolute atomic E-state index is 9.75. The fourth-order valence-electron chi connectivity index (χ4n) is 2.15. The zero-order chi connectivity index (χ0) is 17.1.